The molecule has 3 aromatic heterocycles. The van der Waals surface area contributed by atoms with Crippen LogP contribution >= 0.6 is 11.6 Å². The first-order valence-electron chi connectivity index (χ1n) is 9.43. The fourth-order valence-electron chi connectivity index (χ4n) is 3.40. The summed E-state index contributed by atoms with van der Waals surface area (Å²) in [4.78, 5) is 22.8. The fraction of sp³-hybridized carbons (Fsp3) is 0.333. The number of rotatable bonds is 4. The molecule has 144 valence electrons. The molecule has 1 fully saturated rings. The summed E-state index contributed by atoms with van der Waals surface area (Å²) in [6, 6.07) is 7.79. The average Bonchev–Trinajstić information content (AvgIpc) is 2.73. The molecule has 1 aliphatic rings. The van der Waals surface area contributed by atoms with Crippen molar-refractivity contribution >= 4 is 17.4 Å². The number of hydrogen-bond donors (Lipinski definition) is 0. The molecule has 4 rings (SSSR count). The Balaban J connectivity index is 1.48. The van der Waals surface area contributed by atoms with Gasteiger partial charge >= 0.3 is 0 Å². The molecule has 1 aliphatic heterocycles. The van der Waals surface area contributed by atoms with Gasteiger partial charge in [-0.2, -0.15) is 0 Å². The van der Waals surface area contributed by atoms with E-state index in [0.29, 0.717) is 5.02 Å². The Hall–Kier alpha value is -2.57. The third-order valence-electron chi connectivity index (χ3n) is 5.15. The molecule has 0 radical (unpaired) electrons. The highest BCUT2D eigenvalue weighted by Gasteiger charge is 2.21. The number of piperazine rings is 1. The minimum atomic E-state index is 0.674. The number of aromatic nitrogens is 4. The van der Waals surface area contributed by atoms with E-state index in [9.17, 15) is 0 Å². The van der Waals surface area contributed by atoms with Crippen LogP contribution in [0.15, 0.2) is 42.9 Å². The van der Waals surface area contributed by atoms with E-state index in [1.165, 1.54) is 0 Å². The Kier molecular flexibility index (Phi) is 5.50. The van der Waals surface area contributed by atoms with E-state index >= 15 is 0 Å². The summed E-state index contributed by atoms with van der Waals surface area (Å²) >= 11 is 5.93. The Morgan fingerprint density at radius 2 is 1.71 bits per heavy atom. The largest absolute Gasteiger partial charge is 0.354 e. The SMILES string of the molecule is Cc1nc(-c2ccncc2)nc(N2CCN(Cc3ccc(Cl)cn3)CC2)c1C. The molecular formula is C21H23ClN6. The van der Waals surface area contributed by atoms with Gasteiger partial charge < -0.3 is 4.90 Å². The summed E-state index contributed by atoms with van der Waals surface area (Å²) in [6.45, 7) is 8.80. The standard InChI is InChI=1S/C21H23ClN6/c1-15-16(2)25-20(17-5-7-23-8-6-17)26-21(15)28-11-9-27(10-12-28)14-19-4-3-18(22)13-24-19/h3-8,13H,9-12,14H2,1-2H3. The molecule has 0 saturated carbocycles. The summed E-state index contributed by atoms with van der Waals surface area (Å²) in [5, 5.41) is 0.674. The zero-order chi connectivity index (χ0) is 19.5. The number of hydrogen-bond acceptors (Lipinski definition) is 6. The summed E-state index contributed by atoms with van der Waals surface area (Å²) < 4.78 is 0. The Bertz CT molecular complexity index is 937. The van der Waals surface area contributed by atoms with E-state index in [4.69, 9.17) is 16.6 Å². The molecule has 7 heteroatoms. The van der Waals surface area contributed by atoms with Crippen LogP contribution in [0.4, 0.5) is 5.82 Å². The van der Waals surface area contributed by atoms with E-state index in [2.05, 4.69) is 31.7 Å². The minimum absolute atomic E-state index is 0.674. The second-order valence-corrected chi connectivity index (χ2v) is 7.48. The summed E-state index contributed by atoms with van der Waals surface area (Å²) in [5.74, 6) is 1.79. The Morgan fingerprint density at radius 1 is 0.964 bits per heavy atom. The maximum Gasteiger partial charge on any atom is 0.161 e. The molecule has 0 N–H and O–H groups in total. The van der Waals surface area contributed by atoms with E-state index in [-0.39, 0.29) is 0 Å². The van der Waals surface area contributed by atoms with Gasteiger partial charge in [-0.15, -0.1) is 0 Å². The predicted molar refractivity (Wildman–Crippen MR) is 111 cm³/mol. The smallest absolute Gasteiger partial charge is 0.161 e. The first kappa shape index (κ1) is 18.8. The van der Waals surface area contributed by atoms with Gasteiger partial charge in [-0.1, -0.05) is 11.6 Å². The molecule has 0 aromatic carbocycles. The van der Waals surface area contributed by atoms with Crippen LogP contribution in [0.3, 0.4) is 0 Å². The lowest BCUT2D eigenvalue weighted by molar-refractivity contribution is 0.246. The van der Waals surface area contributed by atoms with Crippen molar-refractivity contribution in [1.82, 2.24) is 24.8 Å². The van der Waals surface area contributed by atoms with E-state index in [1.54, 1.807) is 18.6 Å². The third kappa shape index (κ3) is 4.13. The average molecular weight is 395 g/mol. The Morgan fingerprint density at radius 3 is 2.39 bits per heavy atom. The van der Waals surface area contributed by atoms with Crippen LogP contribution in [-0.4, -0.2) is 51.0 Å². The van der Waals surface area contributed by atoms with Crippen molar-refractivity contribution in [2.45, 2.75) is 20.4 Å². The van der Waals surface area contributed by atoms with Crippen molar-refractivity contribution in [2.24, 2.45) is 0 Å². The Labute approximate surface area is 170 Å². The first-order valence-corrected chi connectivity index (χ1v) is 9.81. The molecule has 0 aliphatic carbocycles. The maximum atomic E-state index is 5.93. The summed E-state index contributed by atoms with van der Waals surface area (Å²) in [5.41, 5.74) is 4.20. The van der Waals surface area contributed by atoms with Crippen molar-refractivity contribution < 1.29 is 0 Å². The maximum absolute atomic E-state index is 5.93. The van der Waals surface area contributed by atoms with Gasteiger partial charge in [-0.05, 0) is 38.1 Å². The first-order chi connectivity index (χ1) is 13.6. The second-order valence-electron chi connectivity index (χ2n) is 7.05. The molecule has 0 unspecified atom stereocenters. The molecule has 0 amide bonds. The topological polar surface area (TPSA) is 58.0 Å². The van der Waals surface area contributed by atoms with Gasteiger partial charge in [0.05, 0.1) is 10.7 Å². The highest BCUT2D eigenvalue weighted by molar-refractivity contribution is 6.30. The molecule has 1 saturated heterocycles. The molecule has 0 spiro atoms. The monoisotopic (exact) mass is 394 g/mol. The number of nitrogens with zero attached hydrogens (tertiary/aromatic N) is 6. The number of anilines is 1. The van der Waals surface area contributed by atoms with Crippen LogP contribution < -0.4 is 4.90 Å². The van der Waals surface area contributed by atoms with E-state index in [0.717, 1.165) is 66.9 Å². The van der Waals surface area contributed by atoms with Gasteiger partial charge in [0.1, 0.15) is 5.82 Å². The second kappa shape index (κ2) is 8.20. The van der Waals surface area contributed by atoms with Crippen LogP contribution in [0, 0.1) is 13.8 Å². The molecule has 4 heterocycles. The van der Waals surface area contributed by atoms with Crippen molar-refractivity contribution in [3.05, 3.63) is 64.8 Å². The number of halogens is 1. The van der Waals surface area contributed by atoms with Crippen molar-refractivity contribution in [2.75, 3.05) is 31.1 Å². The fourth-order valence-corrected chi connectivity index (χ4v) is 3.51. The van der Waals surface area contributed by atoms with Crippen molar-refractivity contribution in [1.29, 1.82) is 0 Å². The predicted octanol–water partition coefficient (Wildman–Crippen LogP) is 3.53. The third-order valence-corrected chi connectivity index (χ3v) is 5.37. The highest BCUT2D eigenvalue weighted by Crippen LogP contribution is 2.25. The normalized spacial score (nSPS) is 15.0. The minimum Gasteiger partial charge on any atom is -0.354 e. The zero-order valence-corrected chi connectivity index (χ0v) is 16.9. The number of aryl methyl sites for hydroxylation is 1. The van der Waals surface area contributed by atoms with E-state index < -0.39 is 0 Å². The molecule has 28 heavy (non-hydrogen) atoms. The quantitative estimate of drug-likeness (QED) is 0.674. The van der Waals surface area contributed by atoms with Gasteiger partial charge in [0.2, 0.25) is 0 Å². The molecule has 0 atom stereocenters. The molecule has 3 aromatic rings. The van der Waals surface area contributed by atoms with Crippen LogP contribution in [0.1, 0.15) is 17.0 Å². The lowest BCUT2D eigenvalue weighted by atomic mass is 10.2. The molecule has 0 bridgehead atoms. The lowest BCUT2D eigenvalue weighted by Crippen LogP contribution is -2.46. The van der Waals surface area contributed by atoms with Gasteiger partial charge in [0.25, 0.3) is 0 Å². The van der Waals surface area contributed by atoms with Crippen LogP contribution in [0.2, 0.25) is 5.02 Å². The zero-order valence-electron chi connectivity index (χ0n) is 16.1. The lowest BCUT2D eigenvalue weighted by Gasteiger charge is -2.36. The van der Waals surface area contributed by atoms with E-state index in [1.807, 2.05) is 31.2 Å². The van der Waals surface area contributed by atoms with Crippen LogP contribution in [0.25, 0.3) is 11.4 Å². The summed E-state index contributed by atoms with van der Waals surface area (Å²) in [7, 11) is 0. The van der Waals surface area contributed by atoms with Gasteiger partial charge in [0, 0.05) is 68.1 Å². The molecular weight excluding hydrogens is 372 g/mol. The van der Waals surface area contributed by atoms with Gasteiger partial charge in [0.15, 0.2) is 5.82 Å². The highest BCUT2D eigenvalue weighted by atomic mass is 35.5. The van der Waals surface area contributed by atoms with Crippen molar-refractivity contribution in [3.63, 3.8) is 0 Å². The van der Waals surface area contributed by atoms with Gasteiger partial charge in [-0.25, -0.2) is 9.97 Å². The summed E-state index contributed by atoms with van der Waals surface area (Å²) in [6.07, 6.45) is 5.26. The number of pyridine rings is 2. The molecule has 6 nitrogen and oxygen atoms in total. The van der Waals surface area contributed by atoms with Crippen LogP contribution in [0.5, 0.6) is 0 Å². The van der Waals surface area contributed by atoms with Crippen molar-refractivity contribution in [3.8, 4) is 11.4 Å². The van der Waals surface area contributed by atoms with Gasteiger partial charge in [-0.3, -0.25) is 14.9 Å². The van der Waals surface area contributed by atoms with Crippen LogP contribution in [-0.2, 0) is 6.54 Å².